The van der Waals surface area contributed by atoms with Gasteiger partial charge >= 0.3 is 0 Å². The van der Waals surface area contributed by atoms with Gasteiger partial charge in [-0.1, -0.05) is 18.5 Å². The van der Waals surface area contributed by atoms with Crippen LogP contribution in [0.3, 0.4) is 0 Å². The molecule has 1 aromatic rings. The Morgan fingerprint density at radius 3 is 2.61 bits per heavy atom. The van der Waals surface area contributed by atoms with Gasteiger partial charge in [-0.3, -0.25) is 9.69 Å². The number of benzene rings is 1. The molecule has 98 valence electrons. The van der Waals surface area contributed by atoms with E-state index >= 15 is 0 Å². The first kappa shape index (κ1) is 13.6. The summed E-state index contributed by atoms with van der Waals surface area (Å²) in [5, 5.41) is 0.674. The van der Waals surface area contributed by atoms with Gasteiger partial charge in [-0.15, -0.1) is 0 Å². The standard InChI is InChI=1S/C15H20ClNO/c1-3-14-9-4-11(2)17(14)10-15(18)12-5-7-13(16)8-6-12/h5-8,11,14H,3-4,9-10H2,1-2H3. The summed E-state index contributed by atoms with van der Waals surface area (Å²) in [5.41, 5.74) is 0.758. The number of rotatable bonds is 4. The van der Waals surface area contributed by atoms with Gasteiger partial charge in [0.15, 0.2) is 5.78 Å². The second kappa shape index (κ2) is 5.85. The predicted octanol–water partition coefficient (Wildman–Crippen LogP) is 3.79. The van der Waals surface area contributed by atoms with E-state index in [9.17, 15) is 4.79 Å². The van der Waals surface area contributed by atoms with Crippen molar-refractivity contribution >= 4 is 17.4 Å². The van der Waals surface area contributed by atoms with E-state index in [1.54, 1.807) is 12.1 Å². The summed E-state index contributed by atoms with van der Waals surface area (Å²) in [6.07, 6.45) is 3.54. The van der Waals surface area contributed by atoms with Crippen LogP contribution in [0.2, 0.25) is 5.02 Å². The number of hydrogen-bond donors (Lipinski definition) is 0. The van der Waals surface area contributed by atoms with Crippen LogP contribution in [0, 0.1) is 0 Å². The van der Waals surface area contributed by atoms with Crippen molar-refractivity contribution in [2.75, 3.05) is 6.54 Å². The summed E-state index contributed by atoms with van der Waals surface area (Å²) in [4.78, 5) is 14.6. The molecule has 0 radical (unpaired) electrons. The third-order valence-corrected chi connectivity index (χ3v) is 4.17. The monoisotopic (exact) mass is 265 g/mol. The van der Waals surface area contributed by atoms with Gasteiger partial charge in [0.2, 0.25) is 0 Å². The van der Waals surface area contributed by atoms with Crippen LogP contribution >= 0.6 is 11.6 Å². The van der Waals surface area contributed by atoms with Gasteiger partial charge in [-0.05, 0) is 50.5 Å². The molecule has 0 N–H and O–H groups in total. The number of carbonyl (C=O) groups is 1. The van der Waals surface area contributed by atoms with Crippen LogP contribution in [0.5, 0.6) is 0 Å². The zero-order valence-corrected chi connectivity index (χ0v) is 11.8. The molecule has 3 heteroatoms. The maximum absolute atomic E-state index is 12.2. The highest BCUT2D eigenvalue weighted by atomic mass is 35.5. The average molecular weight is 266 g/mol. The quantitative estimate of drug-likeness (QED) is 0.772. The number of ketones is 1. The van der Waals surface area contributed by atoms with E-state index < -0.39 is 0 Å². The molecule has 2 unspecified atom stereocenters. The fourth-order valence-corrected chi connectivity index (χ4v) is 2.87. The molecule has 2 atom stereocenters. The fraction of sp³-hybridized carbons (Fsp3) is 0.533. The molecule has 2 rings (SSSR count). The lowest BCUT2D eigenvalue weighted by atomic mass is 10.1. The van der Waals surface area contributed by atoms with Crippen molar-refractivity contribution in [2.24, 2.45) is 0 Å². The van der Waals surface area contributed by atoms with E-state index in [0.29, 0.717) is 23.7 Å². The van der Waals surface area contributed by atoms with E-state index in [0.717, 1.165) is 12.0 Å². The van der Waals surface area contributed by atoms with Gasteiger partial charge < -0.3 is 0 Å². The number of Topliss-reactive ketones (excluding diaryl/α,β-unsaturated/α-hetero) is 1. The normalized spacial score (nSPS) is 24.4. The molecule has 18 heavy (non-hydrogen) atoms. The van der Waals surface area contributed by atoms with E-state index in [2.05, 4.69) is 18.7 Å². The van der Waals surface area contributed by atoms with Gasteiger partial charge in [-0.2, -0.15) is 0 Å². The van der Waals surface area contributed by atoms with E-state index in [-0.39, 0.29) is 5.78 Å². The smallest absolute Gasteiger partial charge is 0.176 e. The first-order valence-corrected chi connectivity index (χ1v) is 7.04. The Hall–Kier alpha value is -0.860. The highest BCUT2D eigenvalue weighted by molar-refractivity contribution is 6.30. The van der Waals surface area contributed by atoms with Crippen molar-refractivity contribution < 1.29 is 4.79 Å². The largest absolute Gasteiger partial charge is 0.293 e. The van der Waals surface area contributed by atoms with E-state index in [1.165, 1.54) is 12.8 Å². The van der Waals surface area contributed by atoms with Gasteiger partial charge in [0.1, 0.15) is 0 Å². The van der Waals surface area contributed by atoms with Crippen LogP contribution < -0.4 is 0 Å². The first-order chi connectivity index (χ1) is 8.61. The zero-order valence-electron chi connectivity index (χ0n) is 11.0. The minimum absolute atomic E-state index is 0.193. The van der Waals surface area contributed by atoms with Gasteiger partial charge in [-0.25, -0.2) is 0 Å². The van der Waals surface area contributed by atoms with Crippen molar-refractivity contribution in [3.8, 4) is 0 Å². The lowest BCUT2D eigenvalue weighted by molar-refractivity contribution is 0.0889. The number of halogens is 1. The number of hydrogen-bond acceptors (Lipinski definition) is 2. The van der Waals surface area contributed by atoms with Crippen LogP contribution in [0.1, 0.15) is 43.5 Å². The highest BCUT2D eigenvalue weighted by Crippen LogP contribution is 2.26. The summed E-state index contributed by atoms with van der Waals surface area (Å²) in [6, 6.07) is 8.26. The molecule has 1 aliphatic rings. The zero-order chi connectivity index (χ0) is 13.1. The Bertz CT molecular complexity index is 415. The van der Waals surface area contributed by atoms with Crippen LogP contribution in [-0.2, 0) is 0 Å². The van der Waals surface area contributed by atoms with Gasteiger partial charge in [0, 0.05) is 22.7 Å². The topological polar surface area (TPSA) is 20.3 Å². The van der Waals surface area contributed by atoms with Crippen LogP contribution in [0.15, 0.2) is 24.3 Å². The molecule has 0 aliphatic carbocycles. The maximum atomic E-state index is 12.2. The van der Waals surface area contributed by atoms with E-state index in [4.69, 9.17) is 11.6 Å². The molecule has 0 bridgehead atoms. The Kier molecular flexibility index (Phi) is 4.41. The van der Waals surface area contributed by atoms with E-state index in [1.807, 2.05) is 12.1 Å². The predicted molar refractivity (Wildman–Crippen MR) is 75.3 cm³/mol. The molecule has 0 saturated carbocycles. The molecule has 0 amide bonds. The number of likely N-dealkylation sites (tertiary alicyclic amines) is 1. The summed E-state index contributed by atoms with van der Waals surface area (Å²) in [7, 11) is 0. The van der Waals surface area contributed by atoms with Crippen LogP contribution in [-0.4, -0.2) is 29.3 Å². The Morgan fingerprint density at radius 1 is 1.33 bits per heavy atom. The van der Waals surface area contributed by atoms with Crippen molar-refractivity contribution in [1.29, 1.82) is 0 Å². The van der Waals surface area contributed by atoms with Gasteiger partial charge in [0.05, 0.1) is 6.54 Å². The van der Waals surface area contributed by atoms with Crippen LogP contribution in [0.25, 0.3) is 0 Å². The Balaban J connectivity index is 2.04. The van der Waals surface area contributed by atoms with Crippen molar-refractivity contribution in [2.45, 2.75) is 45.2 Å². The molecule has 1 aromatic carbocycles. The highest BCUT2D eigenvalue weighted by Gasteiger charge is 2.30. The fourth-order valence-electron chi connectivity index (χ4n) is 2.74. The molecular formula is C15H20ClNO. The van der Waals surface area contributed by atoms with Crippen molar-refractivity contribution in [1.82, 2.24) is 4.90 Å². The SMILES string of the molecule is CCC1CCC(C)N1CC(=O)c1ccc(Cl)cc1. The summed E-state index contributed by atoms with van der Waals surface area (Å²) < 4.78 is 0. The third-order valence-electron chi connectivity index (χ3n) is 3.92. The summed E-state index contributed by atoms with van der Waals surface area (Å²) in [5.74, 6) is 0.193. The lowest BCUT2D eigenvalue weighted by Crippen LogP contribution is -2.38. The summed E-state index contributed by atoms with van der Waals surface area (Å²) >= 11 is 5.83. The molecule has 1 aliphatic heterocycles. The minimum atomic E-state index is 0.193. The Morgan fingerprint density at radius 2 is 2.00 bits per heavy atom. The average Bonchev–Trinajstić information content (AvgIpc) is 2.71. The Labute approximate surface area is 114 Å². The second-order valence-corrected chi connectivity index (χ2v) is 5.53. The molecule has 0 aromatic heterocycles. The van der Waals surface area contributed by atoms with Crippen LogP contribution in [0.4, 0.5) is 0 Å². The molecule has 0 spiro atoms. The lowest BCUT2D eigenvalue weighted by Gasteiger charge is -2.26. The molecule has 1 heterocycles. The maximum Gasteiger partial charge on any atom is 0.176 e. The molecule has 1 saturated heterocycles. The third kappa shape index (κ3) is 2.93. The van der Waals surface area contributed by atoms with Gasteiger partial charge in [0.25, 0.3) is 0 Å². The first-order valence-electron chi connectivity index (χ1n) is 6.66. The second-order valence-electron chi connectivity index (χ2n) is 5.09. The van der Waals surface area contributed by atoms with Crippen molar-refractivity contribution in [3.05, 3.63) is 34.9 Å². The minimum Gasteiger partial charge on any atom is -0.293 e. The number of nitrogens with zero attached hydrogens (tertiary/aromatic N) is 1. The van der Waals surface area contributed by atoms with Crippen molar-refractivity contribution in [3.63, 3.8) is 0 Å². The number of carbonyl (C=O) groups excluding carboxylic acids is 1. The molecular weight excluding hydrogens is 246 g/mol. The molecule has 1 fully saturated rings. The summed E-state index contributed by atoms with van der Waals surface area (Å²) in [6.45, 7) is 4.94. The molecule has 2 nitrogen and oxygen atoms in total.